The van der Waals surface area contributed by atoms with Crippen LogP contribution < -0.4 is 9.80 Å². The Morgan fingerprint density at radius 1 is 0.628 bits per heavy atom. The molecule has 0 N–H and O–H groups in total. The third kappa shape index (κ3) is 5.73. The van der Waals surface area contributed by atoms with Crippen LogP contribution in [-0.2, 0) is 13.0 Å². The summed E-state index contributed by atoms with van der Waals surface area (Å²) in [7, 11) is 0. The molecule has 6 rings (SSSR count). The molecule has 1 aliphatic rings. The van der Waals surface area contributed by atoms with Gasteiger partial charge in [0.15, 0.2) is 17.3 Å². The number of rotatable bonds is 10. The number of hydrogen-bond donors (Lipinski definition) is 0. The van der Waals surface area contributed by atoms with Crippen molar-refractivity contribution in [2.24, 2.45) is 0 Å². The minimum atomic E-state index is 0. The summed E-state index contributed by atoms with van der Waals surface area (Å²) in [5.74, 6) is 3.03. The number of allylic oxidation sites excluding steroid dienone is 2. The first-order valence-electron chi connectivity index (χ1n) is 15.2. The first kappa shape index (κ1) is 31.7. The Kier molecular flexibility index (Phi) is 10.2. The molecule has 0 unspecified atom stereocenters. The van der Waals surface area contributed by atoms with Crippen molar-refractivity contribution >= 4 is 50.9 Å². The molecule has 43 heavy (non-hydrogen) atoms. The Bertz CT molecular complexity index is 1650. The van der Waals surface area contributed by atoms with Crippen LogP contribution in [0, 0.1) is 0 Å². The van der Waals surface area contributed by atoms with E-state index in [0.29, 0.717) is 0 Å². The van der Waals surface area contributed by atoms with Gasteiger partial charge < -0.3 is 14.4 Å². The van der Waals surface area contributed by atoms with E-state index in [2.05, 4.69) is 72.4 Å². The van der Waals surface area contributed by atoms with Crippen LogP contribution in [-0.4, -0.2) is 37.6 Å². The van der Waals surface area contributed by atoms with E-state index in [4.69, 9.17) is 19.9 Å². The molecule has 7 heteroatoms. The van der Waals surface area contributed by atoms with Gasteiger partial charge >= 0.3 is 0 Å². The normalized spacial score (nSPS) is 12.8. The molecule has 3 aromatic heterocycles. The van der Waals surface area contributed by atoms with Crippen LogP contribution in [0.1, 0.15) is 79.5 Å². The highest BCUT2D eigenvalue weighted by Crippen LogP contribution is 2.40. The molecule has 0 radical (unpaired) electrons. The minimum Gasteiger partial charge on any atom is -0.324 e. The molecule has 7 nitrogen and oxygen atoms in total. The lowest BCUT2D eigenvalue weighted by atomic mass is 10.1. The van der Waals surface area contributed by atoms with E-state index in [0.717, 1.165) is 102 Å². The second kappa shape index (κ2) is 13.8. The highest BCUT2D eigenvalue weighted by atomic mass is 15.4. The summed E-state index contributed by atoms with van der Waals surface area (Å²) in [6, 6.07) is 16.3. The van der Waals surface area contributed by atoms with Crippen molar-refractivity contribution in [3.8, 4) is 0 Å². The summed E-state index contributed by atoms with van der Waals surface area (Å²) in [6.07, 6.45) is 11.8. The van der Waals surface area contributed by atoms with Crippen molar-refractivity contribution in [1.29, 1.82) is 0 Å². The minimum absolute atomic E-state index is 0. The first-order chi connectivity index (χ1) is 20.2. The van der Waals surface area contributed by atoms with Crippen LogP contribution in [0.3, 0.4) is 0 Å². The molecule has 0 atom stereocenters. The molecule has 0 spiro atoms. The lowest BCUT2D eigenvalue weighted by Crippen LogP contribution is -2.29. The highest BCUT2D eigenvalue weighted by Gasteiger charge is 2.33. The lowest BCUT2D eigenvalue weighted by Gasteiger charge is -2.23. The van der Waals surface area contributed by atoms with Crippen LogP contribution in [0.5, 0.6) is 0 Å². The Morgan fingerprint density at radius 3 is 1.65 bits per heavy atom. The number of benzene rings is 2. The number of anilines is 2. The van der Waals surface area contributed by atoms with Crippen LogP contribution in [0.15, 0.2) is 66.5 Å². The van der Waals surface area contributed by atoms with Crippen LogP contribution in [0.2, 0.25) is 0 Å². The van der Waals surface area contributed by atoms with Gasteiger partial charge in [0.05, 0.1) is 22.1 Å². The Morgan fingerprint density at radius 2 is 1.14 bits per heavy atom. The molecule has 1 aliphatic heterocycles. The molecule has 0 amide bonds. The maximum absolute atomic E-state index is 5.11. The van der Waals surface area contributed by atoms with Gasteiger partial charge in [-0.3, -0.25) is 0 Å². The van der Waals surface area contributed by atoms with Crippen molar-refractivity contribution in [2.45, 2.75) is 81.2 Å². The molecular weight excluding hydrogens is 530 g/mol. The fraction of sp³-hybridized carbons (Fsp3) is 0.389. The summed E-state index contributed by atoms with van der Waals surface area (Å²) < 4.78 is 2.36. The standard InChI is InChI=1S/C34H39N7.2CH4/c1-5-14-24-29(39(21-6-2)32-31(24)35-25-15-9-10-16-26(25)36-32)19-13-20-30-40(22-7-3)33-34(41(30)23-8-4)38-28-18-12-11-17-27(28)37-33;;/h9-13,15-20H,5-8,14,21-23H2,1-4H3;2*1H4/b19-13+;;. The van der Waals surface area contributed by atoms with Crippen molar-refractivity contribution in [2.75, 3.05) is 22.9 Å². The van der Waals surface area contributed by atoms with Gasteiger partial charge in [-0.1, -0.05) is 79.3 Å². The number of para-hydroxylation sites is 4. The second-order valence-electron chi connectivity index (χ2n) is 10.7. The molecule has 0 saturated carbocycles. The molecular formula is C36H47N7. The summed E-state index contributed by atoms with van der Waals surface area (Å²) >= 11 is 0. The second-order valence-corrected chi connectivity index (χ2v) is 10.7. The molecule has 0 bridgehead atoms. The van der Waals surface area contributed by atoms with Gasteiger partial charge in [0, 0.05) is 30.9 Å². The van der Waals surface area contributed by atoms with E-state index < -0.39 is 0 Å². The summed E-state index contributed by atoms with van der Waals surface area (Å²) in [5, 5.41) is 0. The van der Waals surface area contributed by atoms with E-state index in [1.807, 2.05) is 36.4 Å². The zero-order valence-corrected chi connectivity index (χ0v) is 24.6. The monoisotopic (exact) mass is 577 g/mol. The van der Waals surface area contributed by atoms with E-state index in [9.17, 15) is 0 Å². The van der Waals surface area contributed by atoms with Crippen LogP contribution in [0.4, 0.5) is 11.6 Å². The van der Waals surface area contributed by atoms with Crippen molar-refractivity contribution in [1.82, 2.24) is 24.5 Å². The smallest absolute Gasteiger partial charge is 0.178 e. The fourth-order valence-corrected chi connectivity index (χ4v) is 5.92. The number of aryl methyl sites for hydroxylation is 2. The van der Waals surface area contributed by atoms with Crippen LogP contribution >= 0.6 is 0 Å². The van der Waals surface area contributed by atoms with Gasteiger partial charge in [-0.05, 0) is 62.1 Å². The number of hydrogen-bond acceptors (Lipinski definition) is 6. The van der Waals surface area contributed by atoms with Crippen molar-refractivity contribution in [3.05, 3.63) is 77.8 Å². The predicted molar refractivity (Wildman–Crippen MR) is 185 cm³/mol. The summed E-state index contributed by atoms with van der Waals surface area (Å²) in [4.78, 5) is 25.0. The average Bonchev–Trinajstić information content (AvgIpc) is 3.42. The van der Waals surface area contributed by atoms with Gasteiger partial charge in [0.25, 0.3) is 0 Å². The number of fused-ring (bicyclic) bond motifs is 4. The Labute approximate surface area is 257 Å². The van der Waals surface area contributed by atoms with E-state index in [-0.39, 0.29) is 14.9 Å². The molecule has 226 valence electrons. The fourth-order valence-electron chi connectivity index (χ4n) is 5.92. The van der Waals surface area contributed by atoms with Gasteiger partial charge in [0.2, 0.25) is 0 Å². The molecule has 5 aromatic rings. The SMILES string of the molecule is C.C.CCCc1c(/C=C/C=C2N(CCC)c3nc4ccccc4nc3N2CCC)n(CCC)c2nc3ccccc3nc12. The van der Waals surface area contributed by atoms with Crippen LogP contribution in [0.25, 0.3) is 39.3 Å². The third-order valence-corrected chi connectivity index (χ3v) is 7.63. The van der Waals surface area contributed by atoms with Gasteiger partial charge in [-0.15, -0.1) is 0 Å². The molecule has 4 heterocycles. The lowest BCUT2D eigenvalue weighted by molar-refractivity contribution is 0.689. The molecule has 0 saturated heterocycles. The van der Waals surface area contributed by atoms with Crippen molar-refractivity contribution in [3.63, 3.8) is 0 Å². The number of aromatic nitrogens is 5. The van der Waals surface area contributed by atoms with Gasteiger partial charge in [0.1, 0.15) is 11.3 Å². The quantitative estimate of drug-likeness (QED) is 0.165. The summed E-state index contributed by atoms with van der Waals surface area (Å²) in [6.45, 7) is 11.6. The van der Waals surface area contributed by atoms with Gasteiger partial charge in [-0.2, -0.15) is 0 Å². The largest absolute Gasteiger partial charge is 0.324 e. The maximum atomic E-state index is 5.11. The van der Waals surface area contributed by atoms with Crippen molar-refractivity contribution < 1.29 is 0 Å². The summed E-state index contributed by atoms with van der Waals surface area (Å²) in [5.41, 5.74) is 8.25. The molecule has 0 aliphatic carbocycles. The molecule has 0 fully saturated rings. The zero-order valence-electron chi connectivity index (χ0n) is 24.6. The highest BCUT2D eigenvalue weighted by molar-refractivity contribution is 5.90. The molecule has 2 aromatic carbocycles. The number of nitrogens with zero attached hydrogens (tertiary/aromatic N) is 7. The zero-order chi connectivity index (χ0) is 28.3. The predicted octanol–water partition coefficient (Wildman–Crippen LogP) is 9.16. The van der Waals surface area contributed by atoms with E-state index in [1.54, 1.807) is 0 Å². The van der Waals surface area contributed by atoms with E-state index in [1.165, 1.54) is 11.3 Å². The van der Waals surface area contributed by atoms with E-state index >= 15 is 0 Å². The Hall–Kier alpha value is -4.26. The Balaban J connectivity index is 0.00000212. The maximum Gasteiger partial charge on any atom is 0.178 e. The van der Waals surface area contributed by atoms with Gasteiger partial charge in [-0.25, -0.2) is 19.9 Å². The average molecular weight is 578 g/mol. The first-order valence-corrected chi connectivity index (χ1v) is 15.2. The topological polar surface area (TPSA) is 63.0 Å². The third-order valence-electron chi connectivity index (χ3n) is 7.63.